The molecular weight excluding hydrogens is 162 g/mol. The van der Waals surface area contributed by atoms with Gasteiger partial charge in [0, 0.05) is 12.4 Å². The van der Waals surface area contributed by atoms with Crippen LogP contribution in [0.25, 0.3) is 0 Å². The average molecular weight is 183 g/mol. The highest BCUT2D eigenvalue weighted by Gasteiger charge is 1.84. The van der Waals surface area contributed by atoms with Crippen molar-refractivity contribution in [2.24, 2.45) is 0 Å². The number of ether oxygens (including phenoxy) is 1. The van der Waals surface area contributed by atoms with Gasteiger partial charge in [-0.3, -0.25) is 4.98 Å². The fourth-order valence-electron chi connectivity index (χ4n) is 0.601. The molecule has 2 nitrogen and oxygen atoms in total. The van der Waals surface area contributed by atoms with Crippen molar-refractivity contribution in [2.75, 3.05) is 6.61 Å². The molecule has 0 amide bonds. The van der Waals surface area contributed by atoms with E-state index in [4.69, 9.17) is 4.74 Å². The summed E-state index contributed by atoms with van der Waals surface area (Å²) in [5.74, 6) is 0.882. The molecule has 76 valence electrons. The Bertz CT molecular complexity index is 163. The first-order valence-electron chi connectivity index (χ1n) is 4.96. The van der Waals surface area contributed by atoms with Crippen LogP contribution in [-0.2, 0) is 0 Å². The standard InChI is InChI=1S/C7H9NO.2C2H6/c1-2-9-7-3-5-8-6-4-7;2*1-2/h3-6H,2H2,1H3;2*1-2H3. The van der Waals surface area contributed by atoms with Crippen molar-refractivity contribution in [2.45, 2.75) is 34.6 Å². The van der Waals surface area contributed by atoms with E-state index in [-0.39, 0.29) is 0 Å². The lowest BCUT2D eigenvalue weighted by atomic mass is 10.5. The van der Waals surface area contributed by atoms with E-state index in [2.05, 4.69) is 4.98 Å². The Morgan fingerprint density at radius 3 is 1.92 bits per heavy atom. The van der Waals surface area contributed by atoms with Gasteiger partial charge in [-0.25, -0.2) is 0 Å². The first kappa shape index (κ1) is 14.5. The smallest absolute Gasteiger partial charge is 0.122 e. The molecule has 1 rings (SSSR count). The number of hydrogen-bond donors (Lipinski definition) is 0. The first-order valence-corrected chi connectivity index (χ1v) is 4.96. The summed E-state index contributed by atoms with van der Waals surface area (Å²) in [5, 5.41) is 0. The maximum atomic E-state index is 5.17. The summed E-state index contributed by atoms with van der Waals surface area (Å²) in [4.78, 5) is 3.85. The van der Waals surface area contributed by atoms with Crippen molar-refractivity contribution < 1.29 is 4.74 Å². The summed E-state index contributed by atoms with van der Waals surface area (Å²) in [7, 11) is 0. The van der Waals surface area contributed by atoms with Gasteiger partial charge >= 0.3 is 0 Å². The highest BCUT2D eigenvalue weighted by molar-refractivity contribution is 5.16. The molecule has 0 spiro atoms. The zero-order valence-corrected chi connectivity index (χ0v) is 9.37. The quantitative estimate of drug-likeness (QED) is 0.699. The molecule has 0 aliphatic rings. The van der Waals surface area contributed by atoms with Crippen LogP contribution >= 0.6 is 0 Å². The normalized spacial score (nSPS) is 7.15. The lowest BCUT2D eigenvalue weighted by Gasteiger charge is -1.98. The van der Waals surface area contributed by atoms with E-state index in [1.54, 1.807) is 12.4 Å². The SMILES string of the molecule is CC.CC.CCOc1ccncc1. The second kappa shape index (κ2) is 13.5. The van der Waals surface area contributed by atoms with Gasteiger partial charge in [-0.15, -0.1) is 0 Å². The number of hydrogen-bond acceptors (Lipinski definition) is 2. The van der Waals surface area contributed by atoms with Crippen molar-refractivity contribution in [1.29, 1.82) is 0 Å². The molecule has 0 atom stereocenters. The molecule has 13 heavy (non-hydrogen) atoms. The second-order valence-corrected chi connectivity index (χ2v) is 1.62. The van der Waals surface area contributed by atoms with Gasteiger partial charge in [-0.2, -0.15) is 0 Å². The summed E-state index contributed by atoms with van der Waals surface area (Å²) in [6, 6.07) is 3.67. The molecule has 0 unspecified atom stereocenters. The summed E-state index contributed by atoms with van der Waals surface area (Å²) in [6.45, 7) is 10.7. The van der Waals surface area contributed by atoms with Crippen LogP contribution in [0.15, 0.2) is 24.5 Å². The van der Waals surface area contributed by atoms with E-state index >= 15 is 0 Å². The van der Waals surface area contributed by atoms with E-state index in [9.17, 15) is 0 Å². The Labute approximate surface area is 82.0 Å². The largest absolute Gasteiger partial charge is 0.494 e. The highest BCUT2D eigenvalue weighted by atomic mass is 16.5. The summed E-state index contributed by atoms with van der Waals surface area (Å²) in [6.07, 6.45) is 3.43. The predicted molar refractivity (Wildman–Crippen MR) is 58.1 cm³/mol. The van der Waals surface area contributed by atoms with Crippen molar-refractivity contribution in [3.05, 3.63) is 24.5 Å². The lowest BCUT2D eigenvalue weighted by Crippen LogP contribution is -1.89. The fourth-order valence-corrected chi connectivity index (χ4v) is 0.601. The molecule has 2 heteroatoms. The lowest BCUT2D eigenvalue weighted by molar-refractivity contribution is 0.340. The van der Waals surface area contributed by atoms with Gasteiger partial charge < -0.3 is 4.74 Å². The first-order chi connectivity index (χ1) is 6.43. The third kappa shape index (κ3) is 8.86. The number of rotatable bonds is 2. The van der Waals surface area contributed by atoms with Crippen molar-refractivity contribution in [3.63, 3.8) is 0 Å². The predicted octanol–water partition coefficient (Wildman–Crippen LogP) is 3.53. The Kier molecular flexibility index (Phi) is 15.1. The van der Waals surface area contributed by atoms with Crippen LogP contribution in [0.2, 0.25) is 0 Å². The Balaban J connectivity index is 0. The number of pyridine rings is 1. The Morgan fingerprint density at radius 1 is 1.08 bits per heavy atom. The minimum absolute atomic E-state index is 0.712. The minimum Gasteiger partial charge on any atom is -0.494 e. The van der Waals surface area contributed by atoms with Crippen molar-refractivity contribution in [3.8, 4) is 5.75 Å². The maximum Gasteiger partial charge on any atom is 0.122 e. The van der Waals surface area contributed by atoms with Gasteiger partial charge in [0.05, 0.1) is 6.61 Å². The molecule has 0 bridgehead atoms. The molecule has 0 saturated heterocycles. The highest BCUT2D eigenvalue weighted by Crippen LogP contribution is 2.05. The molecule has 0 N–H and O–H groups in total. The van der Waals surface area contributed by atoms with Gasteiger partial charge in [-0.1, -0.05) is 27.7 Å². The van der Waals surface area contributed by atoms with Crippen molar-refractivity contribution >= 4 is 0 Å². The molecule has 0 saturated carbocycles. The zero-order chi connectivity index (χ0) is 10.5. The van der Waals surface area contributed by atoms with E-state index < -0.39 is 0 Å². The Morgan fingerprint density at radius 2 is 1.54 bits per heavy atom. The molecule has 1 aromatic heterocycles. The third-order valence-electron chi connectivity index (χ3n) is 0.961. The van der Waals surface area contributed by atoms with Gasteiger partial charge in [0.1, 0.15) is 5.75 Å². The molecule has 0 fully saturated rings. The fraction of sp³-hybridized carbons (Fsp3) is 0.545. The van der Waals surface area contributed by atoms with Gasteiger partial charge in [0.2, 0.25) is 0 Å². The van der Waals surface area contributed by atoms with Crippen LogP contribution in [0.3, 0.4) is 0 Å². The molecular formula is C11H21NO. The average Bonchev–Trinajstić information content (AvgIpc) is 2.26. The summed E-state index contributed by atoms with van der Waals surface area (Å²) < 4.78 is 5.17. The van der Waals surface area contributed by atoms with Gasteiger partial charge in [-0.05, 0) is 19.1 Å². The van der Waals surface area contributed by atoms with Gasteiger partial charge in [0.15, 0.2) is 0 Å². The van der Waals surface area contributed by atoms with Crippen LogP contribution in [0, 0.1) is 0 Å². The molecule has 0 aliphatic heterocycles. The van der Waals surface area contributed by atoms with Crippen LogP contribution in [0.1, 0.15) is 34.6 Å². The molecule has 0 aromatic carbocycles. The van der Waals surface area contributed by atoms with Crippen LogP contribution < -0.4 is 4.74 Å². The summed E-state index contributed by atoms with van der Waals surface area (Å²) >= 11 is 0. The van der Waals surface area contributed by atoms with E-state index in [1.165, 1.54) is 0 Å². The van der Waals surface area contributed by atoms with E-state index in [0.717, 1.165) is 5.75 Å². The Hall–Kier alpha value is -1.05. The minimum atomic E-state index is 0.712. The zero-order valence-electron chi connectivity index (χ0n) is 9.37. The van der Waals surface area contributed by atoms with Gasteiger partial charge in [0.25, 0.3) is 0 Å². The van der Waals surface area contributed by atoms with Crippen LogP contribution in [0.4, 0.5) is 0 Å². The van der Waals surface area contributed by atoms with Crippen LogP contribution in [-0.4, -0.2) is 11.6 Å². The molecule has 0 aliphatic carbocycles. The van der Waals surface area contributed by atoms with E-state index in [1.807, 2.05) is 46.8 Å². The molecule has 0 radical (unpaired) electrons. The topological polar surface area (TPSA) is 22.1 Å². The molecule has 1 heterocycles. The summed E-state index contributed by atoms with van der Waals surface area (Å²) in [5.41, 5.74) is 0. The second-order valence-electron chi connectivity index (χ2n) is 1.62. The van der Waals surface area contributed by atoms with Crippen molar-refractivity contribution in [1.82, 2.24) is 4.98 Å². The number of aromatic nitrogens is 1. The van der Waals surface area contributed by atoms with E-state index in [0.29, 0.717) is 6.61 Å². The number of nitrogens with zero attached hydrogens (tertiary/aromatic N) is 1. The third-order valence-corrected chi connectivity index (χ3v) is 0.961. The molecule has 1 aromatic rings. The van der Waals surface area contributed by atoms with Crippen LogP contribution in [0.5, 0.6) is 5.75 Å². The maximum absolute atomic E-state index is 5.17. The monoisotopic (exact) mass is 183 g/mol.